The highest BCUT2D eigenvalue weighted by Crippen LogP contribution is 2.26. The van der Waals surface area contributed by atoms with Gasteiger partial charge < -0.3 is 19.5 Å². The third-order valence-electron chi connectivity index (χ3n) is 6.17. The second-order valence-electron chi connectivity index (χ2n) is 10.9. The van der Waals surface area contributed by atoms with Gasteiger partial charge in [0.15, 0.2) is 0 Å². The number of benzene rings is 2. The van der Waals surface area contributed by atoms with Crippen molar-refractivity contribution in [1.29, 1.82) is 0 Å². The van der Waals surface area contributed by atoms with Crippen molar-refractivity contribution >= 4 is 29.3 Å². The van der Waals surface area contributed by atoms with E-state index in [0.29, 0.717) is 10.6 Å². The third kappa shape index (κ3) is 9.32. The first-order valence-electron chi connectivity index (χ1n) is 12.5. The standard InChI is InChI=1S/C28H37Cl2FN2O4/c1-27(2,3)37-26(34)33(18-28(4,35)19-36-25-15-23(31)10-7-21(25)16-29)24-11-13-32(14-12-24)17-20-5-8-22(30)9-6-20/h5-10,15,24,35H,11-14,16-19H2,1-4H3. The molecule has 1 unspecified atom stereocenters. The first-order chi connectivity index (χ1) is 17.3. The Kier molecular flexibility index (Phi) is 10.1. The van der Waals surface area contributed by atoms with Crippen molar-refractivity contribution in [2.24, 2.45) is 0 Å². The van der Waals surface area contributed by atoms with Crippen LogP contribution in [0.4, 0.5) is 9.18 Å². The summed E-state index contributed by atoms with van der Waals surface area (Å²) in [4.78, 5) is 17.2. The lowest BCUT2D eigenvalue weighted by Crippen LogP contribution is -2.55. The van der Waals surface area contributed by atoms with Gasteiger partial charge in [0.25, 0.3) is 0 Å². The van der Waals surface area contributed by atoms with Gasteiger partial charge in [0.2, 0.25) is 0 Å². The zero-order valence-corrected chi connectivity index (χ0v) is 23.5. The predicted molar refractivity (Wildman–Crippen MR) is 145 cm³/mol. The lowest BCUT2D eigenvalue weighted by molar-refractivity contribution is -0.0458. The molecule has 3 rings (SSSR count). The highest BCUT2D eigenvalue weighted by atomic mass is 35.5. The maximum Gasteiger partial charge on any atom is 0.410 e. The summed E-state index contributed by atoms with van der Waals surface area (Å²) in [5, 5.41) is 11.9. The lowest BCUT2D eigenvalue weighted by atomic mass is 10.00. The molecule has 1 aliphatic heterocycles. The molecule has 2 aromatic carbocycles. The predicted octanol–water partition coefficient (Wildman–Crippen LogP) is 6.25. The number of carbonyl (C=O) groups is 1. The molecule has 0 spiro atoms. The molecule has 1 atom stereocenters. The molecule has 2 aromatic rings. The molecule has 1 N–H and O–H groups in total. The molecule has 9 heteroatoms. The summed E-state index contributed by atoms with van der Waals surface area (Å²) >= 11 is 11.9. The van der Waals surface area contributed by atoms with Crippen LogP contribution in [0, 0.1) is 5.82 Å². The number of alkyl halides is 1. The minimum Gasteiger partial charge on any atom is -0.490 e. The molecule has 1 amide bonds. The zero-order chi connectivity index (χ0) is 27.2. The summed E-state index contributed by atoms with van der Waals surface area (Å²) in [6, 6.07) is 11.8. The number of nitrogens with zero attached hydrogens (tertiary/aromatic N) is 2. The van der Waals surface area contributed by atoms with Crippen LogP contribution in [0.25, 0.3) is 0 Å². The maximum absolute atomic E-state index is 13.7. The van der Waals surface area contributed by atoms with Crippen LogP contribution in [0.3, 0.4) is 0 Å². The smallest absolute Gasteiger partial charge is 0.410 e. The van der Waals surface area contributed by atoms with Gasteiger partial charge in [-0.1, -0.05) is 29.8 Å². The van der Waals surface area contributed by atoms with Crippen molar-refractivity contribution in [1.82, 2.24) is 9.80 Å². The van der Waals surface area contributed by atoms with Crippen molar-refractivity contribution < 1.29 is 23.8 Å². The van der Waals surface area contributed by atoms with E-state index in [1.165, 1.54) is 17.7 Å². The molecule has 0 radical (unpaired) electrons. The molecule has 0 saturated carbocycles. The van der Waals surface area contributed by atoms with Gasteiger partial charge in [-0.3, -0.25) is 4.90 Å². The monoisotopic (exact) mass is 554 g/mol. The average Bonchev–Trinajstić information content (AvgIpc) is 2.82. The van der Waals surface area contributed by atoms with E-state index in [9.17, 15) is 14.3 Å². The molecule has 1 fully saturated rings. The van der Waals surface area contributed by atoms with Gasteiger partial charge in [-0.25, -0.2) is 9.18 Å². The fourth-order valence-corrected chi connectivity index (χ4v) is 4.67. The van der Waals surface area contributed by atoms with Crippen LogP contribution >= 0.6 is 23.2 Å². The number of amides is 1. The number of hydrogen-bond donors (Lipinski definition) is 1. The quantitative estimate of drug-likeness (QED) is 0.371. The SMILES string of the molecule is CC(O)(COc1cc(F)ccc1CCl)CN(C(=O)OC(C)(C)C)C1CCN(Cc2ccc(Cl)cc2)CC1. The van der Waals surface area contributed by atoms with E-state index in [1.807, 2.05) is 45.0 Å². The van der Waals surface area contributed by atoms with Gasteiger partial charge in [0.05, 0.1) is 12.4 Å². The first-order valence-corrected chi connectivity index (χ1v) is 13.4. The van der Waals surface area contributed by atoms with E-state index in [2.05, 4.69) is 4.90 Å². The Labute approximate surface area is 229 Å². The Balaban J connectivity index is 1.67. The van der Waals surface area contributed by atoms with Crippen molar-refractivity contribution in [3.63, 3.8) is 0 Å². The van der Waals surface area contributed by atoms with E-state index in [1.54, 1.807) is 17.9 Å². The number of piperidine rings is 1. The van der Waals surface area contributed by atoms with Gasteiger partial charge in [-0.05, 0) is 64.3 Å². The minimum absolute atomic E-state index is 0.00921. The molecule has 1 aliphatic rings. The first kappa shape index (κ1) is 29.5. The fraction of sp³-hybridized carbons (Fsp3) is 0.536. The number of rotatable bonds is 9. The van der Waals surface area contributed by atoms with Crippen LogP contribution in [0.5, 0.6) is 5.75 Å². The van der Waals surface area contributed by atoms with Crippen LogP contribution in [0.2, 0.25) is 5.02 Å². The molecule has 1 heterocycles. The van der Waals surface area contributed by atoms with E-state index in [0.717, 1.165) is 32.5 Å². The second-order valence-corrected chi connectivity index (χ2v) is 11.6. The van der Waals surface area contributed by atoms with Crippen molar-refractivity contribution in [3.05, 3.63) is 64.4 Å². The second kappa shape index (κ2) is 12.7. The third-order valence-corrected chi connectivity index (χ3v) is 6.71. The lowest BCUT2D eigenvalue weighted by Gasteiger charge is -2.41. The van der Waals surface area contributed by atoms with Crippen LogP contribution < -0.4 is 4.74 Å². The van der Waals surface area contributed by atoms with Gasteiger partial charge >= 0.3 is 6.09 Å². The molecule has 0 aromatic heterocycles. The molecule has 1 saturated heterocycles. The zero-order valence-electron chi connectivity index (χ0n) is 22.0. The van der Waals surface area contributed by atoms with E-state index >= 15 is 0 Å². The fourth-order valence-electron chi connectivity index (χ4n) is 4.32. The molecular weight excluding hydrogens is 518 g/mol. The average molecular weight is 556 g/mol. The Hall–Kier alpha value is -2.06. The van der Waals surface area contributed by atoms with Gasteiger partial charge in [0.1, 0.15) is 29.4 Å². The summed E-state index contributed by atoms with van der Waals surface area (Å²) in [5.74, 6) is -0.0324. The van der Waals surface area contributed by atoms with Gasteiger partial charge in [-0.15, -0.1) is 11.6 Å². The number of aliphatic hydroxyl groups is 1. The molecule has 6 nitrogen and oxygen atoms in total. The van der Waals surface area contributed by atoms with Crippen molar-refractivity contribution in [3.8, 4) is 5.75 Å². The van der Waals surface area contributed by atoms with Crippen molar-refractivity contribution in [2.45, 2.75) is 70.2 Å². The van der Waals surface area contributed by atoms with Crippen LogP contribution in [-0.2, 0) is 17.2 Å². The van der Waals surface area contributed by atoms with E-state index in [-0.39, 0.29) is 30.8 Å². The summed E-state index contributed by atoms with van der Waals surface area (Å²) in [7, 11) is 0. The molecule has 37 heavy (non-hydrogen) atoms. The van der Waals surface area contributed by atoms with Gasteiger partial charge in [0, 0.05) is 42.3 Å². The normalized spacial score (nSPS) is 16.8. The number of ether oxygens (including phenoxy) is 2. The molecule has 0 bridgehead atoms. The summed E-state index contributed by atoms with van der Waals surface area (Å²) in [6.07, 6.45) is 1.00. The Morgan fingerprint density at radius 2 is 1.78 bits per heavy atom. The number of halogens is 3. The van der Waals surface area contributed by atoms with E-state index < -0.39 is 23.1 Å². The molecule has 204 valence electrons. The summed E-state index contributed by atoms with van der Waals surface area (Å²) in [5.41, 5.74) is -0.284. The molecular formula is C28H37Cl2FN2O4. The van der Waals surface area contributed by atoms with E-state index in [4.69, 9.17) is 32.7 Å². The maximum atomic E-state index is 13.7. The number of carbonyl (C=O) groups excluding carboxylic acids is 1. The largest absolute Gasteiger partial charge is 0.490 e. The van der Waals surface area contributed by atoms with Crippen molar-refractivity contribution in [2.75, 3.05) is 26.2 Å². The molecule has 0 aliphatic carbocycles. The van der Waals surface area contributed by atoms with Crippen LogP contribution in [0.15, 0.2) is 42.5 Å². The summed E-state index contributed by atoms with van der Waals surface area (Å²) in [6.45, 7) is 9.31. The van der Waals surface area contributed by atoms with Crippen LogP contribution in [0.1, 0.15) is 51.7 Å². The Morgan fingerprint density at radius 3 is 2.38 bits per heavy atom. The number of hydrogen-bond acceptors (Lipinski definition) is 5. The Bertz CT molecular complexity index is 1040. The highest BCUT2D eigenvalue weighted by Gasteiger charge is 2.36. The number of likely N-dealkylation sites (tertiary alicyclic amines) is 1. The van der Waals surface area contributed by atoms with Crippen LogP contribution in [-0.4, -0.2) is 64.5 Å². The minimum atomic E-state index is -1.41. The summed E-state index contributed by atoms with van der Waals surface area (Å²) < 4.78 is 25.2. The topological polar surface area (TPSA) is 62.2 Å². The highest BCUT2D eigenvalue weighted by molar-refractivity contribution is 6.30. The Morgan fingerprint density at radius 1 is 1.14 bits per heavy atom. The van der Waals surface area contributed by atoms with Gasteiger partial charge in [-0.2, -0.15) is 0 Å².